The quantitative estimate of drug-likeness (QED) is 0.0148. The molecule has 0 aliphatic heterocycles. The van der Waals surface area contributed by atoms with Gasteiger partial charge in [0, 0.05) is 31.1 Å². The fourth-order valence-corrected chi connectivity index (χ4v) is 7.83. The molecule has 0 bridgehead atoms. The Morgan fingerprint density at radius 2 is 1.32 bits per heavy atom. The summed E-state index contributed by atoms with van der Waals surface area (Å²) in [4.78, 5) is 65.6. The van der Waals surface area contributed by atoms with Gasteiger partial charge in [0.05, 0.1) is 32.0 Å². The molecule has 0 spiro atoms. The molecular formula is C44H76O16P2. The second-order valence-electron chi connectivity index (χ2n) is 15.7. The van der Waals surface area contributed by atoms with Crippen molar-refractivity contribution in [2.75, 3.05) is 26.4 Å². The van der Waals surface area contributed by atoms with Crippen LogP contribution in [0.3, 0.4) is 0 Å². The second kappa shape index (κ2) is 35.0. The number of aliphatic hydroxyl groups excluding tert-OH is 3. The van der Waals surface area contributed by atoms with Crippen LogP contribution in [0.25, 0.3) is 0 Å². The van der Waals surface area contributed by atoms with Crippen molar-refractivity contribution in [2.45, 2.75) is 173 Å². The molecule has 0 aromatic carbocycles. The third-order valence-electron chi connectivity index (χ3n) is 10.1. The van der Waals surface area contributed by atoms with Crippen LogP contribution < -0.4 is 0 Å². The number of phosphoric ester groups is 2. The van der Waals surface area contributed by atoms with E-state index in [2.05, 4.69) is 59.4 Å². The molecule has 0 heterocycles. The highest BCUT2D eigenvalue weighted by Crippen LogP contribution is 2.44. The first-order valence-corrected chi connectivity index (χ1v) is 25.5. The Kier molecular flexibility index (Phi) is 32.6. The van der Waals surface area contributed by atoms with Crippen LogP contribution in [0.2, 0.25) is 0 Å². The van der Waals surface area contributed by atoms with Crippen LogP contribution in [0.15, 0.2) is 48.6 Å². The Morgan fingerprint density at radius 3 is 2.00 bits per heavy atom. The first kappa shape index (κ1) is 57.7. The van der Waals surface area contributed by atoms with E-state index in [1.165, 1.54) is 0 Å². The molecule has 0 aromatic heterocycles. The van der Waals surface area contributed by atoms with E-state index < -0.39 is 78.4 Å². The van der Waals surface area contributed by atoms with Crippen molar-refractivity contribution in [3.63, 3.8) is 0 Å². The number of rotatable bonds is 38. The lowest BCUT2D eigenvalue weighted by molar-refractivity contribution is -0.161. The Hall–Kier alpha value is -2.33. The number of carbonyl (C=O) groups is 3. The van der Waals surface area contributed by atoms with Crippen LogP contribution in [0.5, 0.6) is 0 Å². The summed E-state index contributed by atoms with van der Waals surface area (Å²) in [6.45, 7) is 1.25. The lowest BCUT2D eigenvalue weighted by Gasteiger charge is -2.20. The Morgan fingerprint density at radius 1 is 0.726 bits per heavy atom. The summed E-state index contributed by atoms with van der Waals surface area (Å²) < 4.78 is 47.8. The van der Waals surface area contributed by atoms with Crippen molar-refractivity contribution < 1.29 is 76.6 Å². The molecule has 0 aromatic rings. The summed E-state index contributed by atoms with van der Waals surface area (Å²) in [5, 5.41) is 30.5. The molecule has 358 valence electrons. The van der Waals surface area contributed by atoms with E-state index in [0.717, 1.165) is 70.6 Å². The van der Waals surface area contributed by atoms with E-state index in [-0.39, 0.29) is 36.9 Å². The third kappa shape index (κ3) is 31.5. The van der Waals surface area contributed by atoms with Gasteiger partial charge in [-0.05, 0) is 57.8 Å². The molecule has 0 saturated heterocycles. The second-order valence-corrected chi connectivity index (χ2v) is 18.4. The summed E-state index contributed by atoms with van der Waals surface area (Å²) in [6.07, 6.45) is 27.2. The largest absolute Gasteiger partial charge is 0.472 e. The van der Waals surface area contributed by atoms with Gasteiger partial charge in [-0.25, -0.2) is 9.13 Å². The summed E-state index contributed by atoms with van der Waals surface area (Å²) in [5.41, 5.74) is 0. The zero-order valence-corrected chi connectivity index (χ0v) is 38.7. The van der Waals surface area contributed by atoms with Gasteiger partial charge in [-0.1, -0.05) is 120 Å². The molecule has 0 radical (unpaired) electrons. The average Bonchev–Trinajstić information content (AvgIpc) is 3.49. The minimum Gasteiger partial charge on any atom is -0.462 e. The maximum absolute atomic E-state index is 12.8. The van der Waals surface area contributed by atoms with Gasteiger partial charge in [0.25, 0.3) is 0 Å². The first-order chi connectivity index (χ1) is 29.6. The van der Waals surface area contributed by atoms with Gasteiger partial charge in [-0.2, -0.15) is 0 Å². The van der Waals surface area contributed by atoms with E-state index in [4.69, 9.17) is 23.8 Å². The summed E-state index contributed by atoms with van der Waals surface area (Å²) in [5.74, 6) is -1.90. The van der Waals surface area contributed by atoms with E-state index >= 15 is 0 Å². The average molecular weight is 923 g/mol. The number of esters is 2. The molecule has 0 amide bonds. The number of hydrogen-bond donors (Lipinski definition) is 6. The van der Waals surface area contributed by atoms with E-state index in [1.807, 2.05) is 0 Å². The summed E-state index contributed by atoms with van der Waals surface area (Å²) in [6, 6.07) is 0. The van der Waals surface area contributed by atoms with Crippen molar-refractivity contribution in [3.05, 3.63) is 48.6 Å². The van der Waals surface area contributed by atoms with Crippen molar-refractivity contribution >= 4 is 33.4 Å². The summed E-state index contributed by atoms with van der Waals surface area (Å²) in [7, 11) is -9.78. The molecule has 7 atom stereocenters. The molecule has 6 N–H and O–H groups in total. The number of unbranched alkanes of at least 4 members (excludes halogenated alkanes) is 10. The number of ketones is 1. The van der Waals surface area contributed by atoms with E-state index in [9.17, 15) is 43.7 Å². The molecule has 1 fully saturated rings. The topological polar surface area (TPSA) is 253 Å². The van der Waals surface area contributed by atoms with Gasteiger partial charge in [0.1, 0.15) is 18.5 Å². The number of ether oxygens (including phenoxy) is 2. The van der Waals surface area contributed by atoms with Crippen LogP contribution in [0, 0.1) is 11.8 Å². The van der Waals surface area contributed by atoms with Crippen molar-refractivity contribution in [3.8, 4) is 0 Å². The molecule has 1 aliphatic carbocycles. The molecule has 18 heteroatoms. The Labute approximate surface area is 369 Å². The van der Waals surface area contributed by atoms with Gasteiger partial charge < -0.3 is 39.5 Å². The SMILES string of the molecule is CC/C=C\C/C=C\C/C=C\CCCCCCCC(=O)OC[C@H](COP(=O)(O)OC[C@@H](O)COP(=O)(O)O)OC(=O)CCCCCC[C@H]1C(=O)C[C@@H](O)[C@@H]1/C=C/[C@@H](O)CCCCC. The predicted octanol–water partition coefficient (Wildman–Crippen LogP) is 8.04. The Balaban J connectivity index is 2.55. The maximum atomic E-state index is 12.8. The van der Waals surface area contributed by atoms with Crippen LogP contribution in [0.1, 0.15) is 149 Å². The van der Waals surface area contributed by atoms with Crippen molar-refractivity contribution in [2.24, 2.45) is 11.8 Å². The number of hydrogen-bond acceptors (Lipinski definition) is 13. The highest BCUT2D eigenvalue weighted by molar-refractivity contribution is 7.47. The fourth-order valence-electron chi connectivity index (χ4n) is 6.67. The molecule has 1 saturated carbocycles. The van der Waals surface area contributed by atoms with Crippen LogP contribution in [-0.2, 0) is 46.6 Å². The molecular weight excluding hydrogens is 846 g/mol. The van der Waals surface area contributed by atoms with Gasteiger partial charge in [0.15, 0.2) is 6.10 Å². The maximum Gasteiger partial charge on any atom is 0.472 e. The minimum atomic E-state index is -4.90. The predicted molar refractivity (Wildman–Crippen MR) is 235 cm³/mol. The lowest BCUT2D eigenvalue weighted by Crippen LogP contribution is -2.30. The first-order valence-electron chi connectivity index (χ1n) is 22.4. The van der Waals surface area contributed by atoms with Crippen LogP contribution in [0.4, 0.5) is 0 Å². The normalized spacial score (nSPS) is 19.8. The van der Waals surface area contributed by atoms with Crippen LogP contribution >= 0.6 is 15.6 Å². The number of allylic oxidation sites excluding steroid dienone is 6. The molecule has 1 unspecified atom stereocenters. The molecule has 16 nitrogen and oxygen atoms in total. The van der Waals surface area contributed by atoms with Crippen molar-refractivity contribution in [1.82, 2.24) is 0 Å². The number of Topliss-reactive ketones (excluding diaryl/α,β-unsaturated/α-hetero) is 1. The third-order valence-corrected chi connectivity index (χ3v) is 11.5. The zero-order valence-electron chi connectivity index (χ0n) is 36.9. The minimum absolute atomic E-state index is 0.00207. The molecule has 1 aliphatic rings. The standard InChI is InChI=1S/C44H76O16P2/c1-3-5-7-8-9-10-11-12-13-14-15-16-17-18-23-27-43(49)56-34-38(35-59-62(54,55)58-33-37(46)32-57-61(51,52)53)60-44(50)28-24-20-19-22-26-39-40(42(48)31-41(39)47)30-29-36(45)25-21-6-4-2/h5,7,9-10,12-13,29-30,36-40,42,45-46,48H,3-4,6,8,11,14-28,31-35H2,1-2H3,(H,54,55)(H2,51,52,53)/b7-5-,10-9-,13-12-,30-29+/t36-,37-,38+,39+,40+,42+/m0/s1. The molecule has 1 rings (SSSR count). The van der Waals surface area contributed by atoms with Gasteiger partial charge in [0.2, 0.25) is 0 Å². The monoisotopic (exact) mass is 922 g/mol. The van der Waals surface area contributed by atoms with E-state index in [0.29, 0.717) is 44.9 Å². The van der Waals surface area contributed by atoms with Crippen molar-refractivity contribution in [1.29, 1.82) is 0 Å². The fraction of sp³-hybridized carbons (Fsp3) is 0.750. The number of phosphoric acid groups is 2. The Bertz CT molecular complexity index is 1440. The van der Waals surface area contributed by atoms with Gasteiger partial charge >= 0.3 is 27.6 Å². The zero-order chi connectivity index (χ0) is 46.1. The highest BCUT2D eigenvalue weighted by atomic mass is 31.2. The summed E-state index contributed by atoms with van der Waals surface area (Å²) >= 11 is 0. The molecule has 62 heavy (non-hydrogen) atoms. The smallest absolute Gasteiger partial charge is 0.462 e. The number of carbonyl (C=O) groups excluding carboxylic acids is 3. The highest BCUT2D eigenvalue weighted by Gasteiger charge is 2.39. The number of aliphatic hydroxyl groups is 3. The van der Waals surface area contributed by atoms with E-state index in [1.54, 1.807) is 12.2 Å². The lowest BCUT2D eigenvalue weighted by atomic mass is 9.88. The van der Waals surface area contributed by atoms with Gasteiger partial charge in [-0.15, -0.1) is 0 Å². The van der Waals surface area contributed by atoms with Crippen LogP contribution in [-0.4, -0.2) is 98.6 Å². The van der Waals surface area contributed by atoms with Gasteiger partial charge in [-0.3, -0.25) is 28.0 Å².